The monoisotopic (exact) mass is 378 g/mol. The summed E-state index contributed by atoms with van der Waals surface area (Å²) in [4.78, 5) is 11.2. The van der Waals surface area contributed by atoms with Crippen LogP contribution < -0.4 is 10.2 Å². The second-order valence-electron chi connectivity index (χ2n) is 8.48. The third-order valence-corrected chi connectivity index (χ3v) is 4.88. The lowest BCUT2D eigenvalue weighted by molar-refractivity contribution is 0.373. The molecule has 3 heterocycles. The topological polar surface area (TPSA) is 87.1 Å². The normalized spacial score (nSPS) is 17.4. The summed E-state index contributed by atoms with van der Waals surface area (Å²) in [5.74, 6) is 0.772. The number of rotatable bonds is 3. The molecule has 1 fully saturated rings. The predicted molar refractivity (Wildman–Crippen MR) is 110 cm³/mol. The number of phenolic OH excluding ortho intramolecular Hbond substituents is 1. The van der Waals surface area contributed by atoms with E-state index in [2.05, 4.69) is 51.2 Å². The van der Waals surface area contributed by atoms with Gasteiger partial charge >= 0.3 is 0 Å². The number of aryl methyl sites for hydroxylation is 1. The third kappa shape index (κ3) is 3.89. The van der Waals surface area contributed by atoms with Crippen LogP contribution in [0.25, 0.3) is 22.2 Å². The van der Waals surface area contributed by atoms with Gasteiger partial charge in [-0.2, -0.15) is 0 Å². The fraction of sp³-hybridized carbons (Fsp3) is 0.429. The molecule has 1 unspecified atom stereocenters. The predicted octanol–water partition coefficient (Wildman–Crippen LogP) is 3.07. The zero-order chi connectivity index (χ0) is 19.9. The minimum absolute atomic E-state index is 0.0869. The third-order valence-electron chi connectivity index (χ3n) is 4.88. The van der Waals surface area contributed by atoms with Crippen molar-refractivity contribution in [1.29, 1.82) is 0 Å². The van der Waals surface area contributed by atoms with Gasteiger partial charge in [0.15, 0.2) is 0 Å². The number of benzene rings is 1. The van der Waals surface area contributed by atoms with Crippen LogP contribution in [-0.4, -0.2) is 49.9 Å². The Bertz CT molecular complexity index is 996. The minimum atomic E-state index is 0.0869. The van der Waals surface area contributed by atoms with Crippen LogP contribution in [0.4, 0.5) is 5.95 Å². The first-order valence-electron chi connectivity index (χ1n) is 9.62. The Kier molecular flexibility index (Phi) is 4.63. The molecule has 1 saturated heterocycles. The lowest BCUT2D eigenvalue weighted by Crippen LogP contribution is -2.45. The van der Waals surface area contributed by atoms with Crippen LogP contribution in [0.1, 0.15) is 32.9 Å². The zero-order valence-corrected chi connectivity index (χ0v) is 16.8. The maximum atomic E-state index is 10.4. The summed E-state index contributed by atoms with van der Waals surface area (Å²) in [6.07, 6.45) is 2.72. The highest BCUT2D eigenvalue weighted by Crippen LogP contribution is 2.31. The molecule has 1 aromatic carbocycles. The molecule has 7 nitrogen and oxygen atoms in total. The molecular weight excluding hydrogens is 352 g/mol. The molecule has 0 aliphatic carbocycles. The zero-order valence-electron chi connectivity index (χ0n) is 16.8. The van der Waals surface area contributed by atoms with Gasteiger partial charge in [-0.05, 0) is 52.3 Å². The Morgan fingerprint density at radius 1 is 1.18 bits per heavy atom. The molecule has 0 spiro atoms. The Morgan fingerprint density at radius 2 is 2.00 bits per heavy atom. The van der Waals surface area contributed by atoms with Crippen molar-refractivity contribution in [3.8, 4) is 17.0 Å². The van der Waals surface area contributed by atoms with Crippen LogP contribution in [-0.2, 0) is 0 Å². The molecule has 146 valence electrons. The molecular formula is C21H26N6O. The molecule has 3 aromatic rings. The van der Waals surface area contributed by atoms with E-state index in [4.69, 9.17) is 0 Å². The standard InChI is InChI=1S/C21H26N6O/c1-13-5-6-14-9-19(28)16(10-17(14)23-13)18-11-22-20(26-25-18)27-8-7-15(12-27)24-21(2,3)4/h5-6,9-11,15,24,28H,7-8,12H2,1-4H3. The molecule has 28 heavy (non-hydrogen) atoms. The summed E-state index contributed by atoms with van der Waals surface area (Å²) in [5.41, 5.74) is 2.95. The van der Waals surface area contributed by atoms with Crippen molar-refractivity contribution in [2.45, 2.75) is 45.7 Å². The van der Waals surface area contributed by atoms with E-state index in [1.54, 1.807) is 12.3 Å². The first-order chi connectivity index (χ1) is 13.3. The van der Waals surface area contributed by atoms with Crippen LogP contribution >= 0.6 is 0 Å². The number of pyridine rings is 1. The highest BCUT2D eigenvalue weighted by molar-refractivity contribution is 5.87. The SMILES string of the molecule is Cc1ccc2cc(O)c(-c3cnc(N4CCC(NC(C)(C)C)C4)nn3)cc2n1. The van der Waals surface area contributed by atoms with Gasteiger partial charge < -0.3 is 15.3 Å². The smallest absolute Gasteiger partial charge is 0.245 e. The summed E-state index contributed by atoms with van der Waals surface area (Å²) in [6, 6.07) is 7.83. The molecule has 1 aliphatic heterocycles. The van der Waals surface area contributed by atoms with Crippen LogP contribution in [0.5, 0.6) is 5.75 Å². The second kappa shape index (κ2) is 6.98. The fourth-order valence-electron chi connectivity index (χ4n) is 3.68. The van der Waals surface area contributed by atoms with Gasteiger partial charge in [0, 0.05) is 41.3 Å². The summed E-state index contributed by atoms with van der Waals surface area (Å²) >= 11 is 0. The minimum Gasteiger partial charge on any atom is -0.507 e. The Morgan fingerprint density at radius 3 is 2.71 bits per heavy atom. The van der Waals surface area contributed by atoms with Crippen molar-refractivity contribution >= 4 is 16.9 Å². The van der Waals surface area contributed by atoms with Gasteiger partial charge in [0.25, 0.3) is 0 Å². The average molecular weight is 378 g/mol. The highest BCUT2D eigenvalue weighted by Gasteiger charge is 2.27. The molecule has 0 bridgehead atoms. The highest BCUT2D eigenvalue weighted by atomic mass is 16.3. The van der Waals surface area contributed by atoms with Gasteiger partial charge in [0.05, 0.1) is 11.7 Å². The number of hydrogen-bond acceptors (Lipinski definition) is 7. The molecule has 1 aliphatic rings. The quantitative estimate of drug-likeness (QED) is 0.724. The number of aromatic nitrogens is 4. The van der Waals surface area contributed by atoms with Crippen molar-refractivity contribution in [2.75, 3.05) is 18.0 Å². The Labute approximate surface area is 164 Å². The number of anilines is 1. The largest absolute Gasteiger partial charge is 0.507 e. The fourth-order valence-corrected chi connectivity index (χ4v) is 3.68. The summed E-state index contributed by atoms with van der Waals surface area (Å²) in [6.45, 7) is 10.2. The summed E-state index contributed by atoms with van der Waals surface area (Å²) < 4.78 is 0. The van der Waals surface area contributed by atoms with Gasteiger partial charge in [-0.1, -0.05) is 6.07 Å². The molecule has 0 saturated carbocycles. The lowest BCUT2D eigenvalue weighted by atomic mass is 10.1. The van der Waals surface area contributed by atoms with Crippen molar-refractivity contribution < 1.29 is 5.11 Å². The first-order valence-corrected chi connectivity index (χ1v) is 9.62. The number of hydrogen-bond donors (Lipinski definition) is 2. The number of nitrogens with one attached hydrogen (secondary N) is 1. The van der Waals surface area contributed by atoms with Crippen molar-refractivity contribution in [3.63, 3.8) is 0 Å². The van der Waals surface area contributed by atoms with Gasteiger partial charge in [0.2, 0.25) is 5.95 Å². The van der Waals surface area contributed by atoms with Crippen LogP contribution in [0.3, 0.4) is 0 Å². The number of phenols is 1. The Hall–Kier alpha value is -2.80. The van der Waals surface area contributed by atoms with Gasteiger partial charge in [-0.15, -0.1) is 10.2 Å². The molecule has 0 radical (unpaired) electrons. The van der Waals surface area contributed by atoms with Crippen LogP contribution in [0.2, 0.25) is 0 Å². The summed E-state index contributed by atoms with van der Waals surface area (Å²) in [7, 11) is 0. The van der Waals surface area contributed by atoms with E-state index >= 15 is 0 Å². The average Bonchev–Trinajstić information content (AvgIpc) is 3.08. The van der Waals surface area contributed by atoms with E-state index < -0.39 is 0 Å². The van der Waals surface area contributed by atoms with Crippen molar-refractivity contribution in [2.24, 2.45) is 0 Å². The number of aromatic hydroxyl groups is 1. The maximum absolute atomic E-state index is 10.4. The molecule has 1 atom stereocenters. The number of fused-ring (bicyclic) bond motifs is 1. The number of nitrogens with zero attached hydrogens (tertiary/aromatic N) is 5. The second-order valence-corrected chi connectivity index (χ2v) is 8.48. The van der Waals surface area contributed by atoms with Crippen LogP contribution in [0, 0.1) is 6.92 Å². The molecule has 4 rings (SSSR count). The van der Waals surface area contributed by atoms with E-state index in [0.29, 0.717) is 23.2 Å². The van der Waals surface area contributed by atoms with E-state index in [0.717, 1.165) is 36.1 Å². The van der Waals surface area contributed by atoms with Gasteiger partial charge in [-0.25, -0.2) is 4.98 Å². The maximum Gasteiger partial charge on any atom is 0.245 e. The van der Waals surface area contributed by atoms with Gasteiger partial charge in [-0.3, -0.25) is 4.98 Å². The van der Waals surface area contributed by atoms with E-state index in [9.17, 15) is 5.11 Å². The van der Waals surface area contributed by atoms with Gasteiger partial charge in [0.1, 0.15) is 11.4 Å². The van der Waals surface area contributed by atoms with E-state index in [-0.39, 0.29) is 11.3 Å². The molecule has 7 heteroatoms. The van der Waals surface area contributed by atoms with Crippen LogP contribution in [0.15, 0.2) is 30.5 Å². The molecule has 2 aromatic heterocycles. The van der Waals surface area contributed by atoms with Crippen molar-refractivity contribution in [3.05, 3.63) is 36.2 Å². The first kappa shape index (κ1) is 18.6. The molecule has 0 amide bonds. The van der Waals surface area contributed by atoms with Crippen molar-refractivity contribution in [1.82, 2.24) is 25.5 Å². The Balaban J connectivity index is 1.55. The van der Waals surface area contributed by atoms with E-state index in [1.165, 1.54) is 0 Å². The lowest BCUT2D eigenvalue weighted by Gasteiger charge is -2.25. The summed E-state index contributed by atoms with van der Waals surface area (Å²) in [5, 5.41) is 23.6. The van der Waals surface area contributed by atoms with E-state index in [1.807, 2.05) is 25.1 Å². The molecule has 2 N–H and O–H groups in total.